The van der Waals surface area contributed by atoms with Crippen LogP contribution in [-0.4, -0.2) is 22.5 Å². The van der Waals surface area contributed by atoms with Crippen molar-refractivity contribution in [1.29, 1.82) is 0 Å². The van der Waals surface area contributed by atoms with E-state index in [2.05, 4.69) is 4.94 Å². The Morgan fingerprint density at radius 3 is 1.91 bits per heavy atom. The van der Waals surface area contributed by atoms with Gasteiger partial charge in [-0.15, -0.1) is 0 Å². The van der Waals surface area contributed by atoms with E-state index in [0.717, 1.165) is 25.7 Å². The second-order valence-electron chi connectivity index (χ2n) is 3.07. The molecule has 2 rings (SSSR count). The summed E-state index contributed by atoms with van der Waals surface area (Å²) in [5, 5.41) is 22.6. The summed E-state index contributed by atoms with van der Waals surface area (Å²) in [6.45, 7) is 0. The van der Waals surface area contributed by atoms with Crippen LogP contribution in [0.4, 0.5) is 0 Å². The van der Waals surface area contributed by atoms with Crippen molar-refractivity contribution in [2.24, 2.45) is 0 Å². The highest BCUT2D eigenvalue weighted by Crippen LogP contribution is 2.31. The van der Waals surface area contributed by atoms with Gasteiger partial charge in [-0.25, -0.2) is 15.4 Å². The van der Waals surface area contributed by atoms with E-state index in [0.29, 0.717) is 10.5 Å². The molecule has 0 amide bonds. The molecule has 0 radical (unpaired) electrons. The van der Waals surface area contributed by atoms with Gasteiger partial charge in [0.15, 0.2) is 0 Å². The lowest BCUT2D eigenvalue weighted by molar-refractivity contribution is -0.234. The Morgan fingerprint density at radius 1 is 1.00 bits per heavy atom. The Labute approximate surface area is 64.6 Å². The van der Waals surface area contributed by atoms with Crippen LogP contribution in [0.15, 0.2) is 0 Å². The number of fused-ring (bicyclic) bond motifs is 1. The second-order valence-corrected chi connectivity index (χ2v) is 3.07. The van der Waals surface area contributed by atoms with Gasteiger partial charge in [-0.2, -0.15) is 0 Å². The van der Waals surface area contributed by atoms with Gasteiger partial charge in [-0.1, -0.05) is 12.8 Å². The summed E-state index contributed by atoms with van der Waals surface area (Å²) in [6.07, 6.45) is 3.62. The highest BCUT2D eigenvalue weighted by atomic mass is 17.1. The van der Waals surface area contributed by atoms with Crippen LogP contribution >= 0.6 is 0 Å². The molecule has 5 heteroatoms. The topological polar surface area (TPSA) is 61.8 Å². The van der Waals surface area contributed by atoms with Gasteiger partial charge < -0.3 is 10.4 Å². The summed E-state index contributed by atoms with van der Waals surface area (Å²) in [6, 6.07) is -0.442. The second kappa shape index (κ2) is 2.69. The van der Waals surface area contributed by atoms with Crippen molar-refractivity contribution in [2.45, 2.75) is 37.8 Å². The molecule has 0 N–H and O–H groups in total. The zero-order valence-electron chi connectivity index (χ0n) is 6.10. The van der Waals surface area contributed by atoms with E-state index >= 15 is 0 Å². The molecular weight excluding hydrogens is 148 g/mol. The Bertz CT molecular complexity index is 139. The van der Waals surface area contributed by atoms with Crippen molar-refractivity contribution in [3.05, 3.63) is 10.4 Å². The minimum atomic E-state index is -0.221. The van der Waals surface area contributed by atoms with Crippen molar-refractivity contribution in [3.63, 3.8) is 0 Å². The minimum Gasteiger partial charge on any atom is -0.760 e. The van der Waals surface area contributed by atoms with Gasteiger partial charge >= 0.3 is 0 Å². The average Bonchev–Trinajstić information content (AvgIpc) is 2.30. The zero-order chi connectivity index (χ0) is 7.84. The number of hydrogen-bond donors (Lipinski definition) is 0. The smallest absolute Gasteiger partial charge is 0.0406 e. The van der Waals surface area contributed by atoms with Gasteiger partial charge in [0.05, 0.1) is 0 Å². The van der Waals surface area contributed by atoms with Crippen molar-refractivity contribution in [3.8, 4) is 0 Å². The fraction of sp³-hybridized carbons (Fsp3) is 1.00. The summed E-state index contributed by atoms with van der Waals surface area (Å²) in [5.74, 6) is 0. The van der Waals surface area contributed by atoms with E-state index in [1.807, 2.05) is 0 Å². The van der Waals surface area contributed by atoms with E-state index in [-0.39, 0.29) is 12.1 Å². The van der Waals surface area contributed by atoms with E-state index in [1.165, 1.54) is 0 Å². The van der Waals surface area contributed by atoms with Crippen LogP contribution < -0.4 is 0 Å². The number of hydroxylamine groups is 4. The first-order valence-corrected chi connectivity index (χ1v) is 3.90. The Hall–Kier alpha value is -0.200. The lowest BCUT2D eigenvalue weighted by Gasteiger charge is -2.32. The maximum Gasteiger partial charge on any atom is 0.0406 e. The summed E-state index contributed by atoms with van der Waals surface area (Å²) in [4.78, 5) is 4.36. The van der Waals surface area contributed by atoms with Gasteiger partial charge in [0, 0.05) is 12.1 Å². The standard InChI is InChI=1S/C6H10N2O3/c9-7-5-3-1-2-4-6(5)8(10)11-7/h5-6H,1-4H2/q-2. The minimum absolute atomic E-state index is 0.221. The molecule has 1 heterocycles. The molecule has 1 aliphatic carbocycles. The van der Waals surface area contributed by atoms with E-state index in [9.17, 15) is 10.4 Å². The molecule has 1 saturated heterocycles. The molecule has 2 fully saturated rings. The number of nitrogens with zero attached hydrogens (tertiary/aromatic N) is 2. The molecule has 0 spiro atoms. The van der Waals surface area contributed by atoms with E-state index in [4.69, 9.17) is 0 Å². The molecule has 5 nitrogen and oxygen atoms in total. The SMILES string of the molecule is [O-]N1ON([O-])C2CCCCC21. The first kappa shape index (κ1) is 7.45. The van der Waals surface area contributed by atoms with Crippen LogP contribution in [-0.2, 0) is 4.94 Å². The number of hydrogen-bond acceptors (Lipinski definition) is 5. The predicted octanol–water partition coefficient (Wildman–Crippen LogP) is 0.757. The first-order chi connectivity index (χ1) is 5.29. The third-order valence-electron chi connectivity index (χ3n) is 2.40. The molecule has 0 aromatic heterocycles. The Kier molecular flexibility index (Phi) is 1.82. The maximum absolute atomic E-state index is 10.9. The molecule has 1 aliphatic heterocycles. The fourth-order valence-electron chi connectivity index (χ4n) is 1.78. The van der Waals surface area contributed by atoms with Gasteiger partial charge in [0.1, 0.15) is 0 Å². The normalized spacial score (nSPS) is 40.9. The molecular formula is C6H10N2O3-2. The quantitative estimate of drug-likeness (QED) is 0.520. The summed E-state index contributed by atoms with van der Waals surface area (Å²) in [5.41, 5.74) is 0. The third-order valence-corrected chi connectivity index (χ3v) is 2.40. The molecule has 2 aliphatic rings. The van der Waals surface area contributed by atoms with Gasteiger partial charge in [0.2, 0.25) is 0 Å². The molecule has 0 aromatic rings. The first-order valence-electron chi connectivity index (χ1n) is 3.90. The average molecular weight is 158 g/mol. The molecule has 0 aromatic carbocycles. The molecule has 64 valence electrons. The van der Waals surface area contributed by atoms with Crippen LogP contribution in [0.2, 0.25) is 0 Å². The molecule has 0 bridgehead atoms. The van der Waals surface area contributed by atoms with Crippen molar-refractivity contribution < 1.29 is 4.94 Å². The fourth-order valence-corrected chi connectivity index (χ4v) is 1.78. The van der Waals surface area contributed by atoms with Gasteiger partial charge in [-0.05, 0) is 12.8 Å². The monoisotopic (exact) mass is 158 g/mol. The van der Waals surface area contributed by atoms with Crippen LogP contribution in [0.3, 0.4) is 0 Å². The highest BCUT2D eigenvalue weighted by molar-refractivity contribution is 4.88. The van der Waals surface area contributed by atoms with Crippen LogP contribution in [0.25, 0.3) is 0 Å². The molecule has 2 unspecified atom stereocenters. The summed E-state index contributed by atoms with van der Waals surface area (Å²) < 4.78 is 0. The predicted molar refractivity (Wildman–Crippen MR) is 37.5 cm³/mol. The van der Waals surface area contributed by atoms with Crippen molar-refractivity contribution >= 4 is 0 Å². The van der Waals surface area contributed by atoms with Crippen LogP contribution in [0.5, 0.6) is 0 Å². The molecule has 1 saturated carbocycles. The van der Waals surface area contributed by atoms with E-state index in [1.54, 1.807) is 0 Å². The van der Waals surface area contributed by atoms with Crippen molar-refractivity contribution in [2.75, 3.05) is 0 Å². The lowest BCUT2D eigenvalue weighted by Crippen LogP contribution is -2.36. The van der Waals surface area contributed by atoms with E-state index < -0.39 is 0 Å². The zero-order valence-corrected chi connectivity index (χ0v) is 6.10. The molecule has 11 heavy (non-hydrogen) atoms. The third kappa shape index (κ3) is 1.15. The van der Waals surface area contributed by atoms with Crippen molar-refractivity contribution in [1.82, 2.24) is 10.5 Å². The van der Waals surface area contributed by atoms with Crippen LogP contribution in [0, 0.1) is 10.4 Å². The highest BCUT2D eigenvalue weighted by Gasteiger charge is 2.34. The summed E-state index contributed by atoms with van der Waals surface area (Å²) in [7, 11) is 0. The summed E-state index contributed by atoms with van der Waals surface area (Å²) >= 11 is 0. The van der Waals surface area contributed by atoms with Gasteiger partial charge in [-0.3, -0.25) is 0 Å². The largest absolute Gasteiger partial charge is 0.760 e. The van der Waals surface area contributed by atoms with Gasteiger partial charge in [0.25, 0.3) is 0 Å². The lowest BCUT2D eigenvalue weighted by atomic mass is 9.91. The maximum atomic E-state index is 10.9. The Balaban J connectivity index is 2.07. The molecule has 2 atom stereocenters. The number of rotatable bonds is 0. The Morgan fingerprint density at radius 2 is 1.45 bits per heavy atom. The van der Waals surface area contributed by atoms with Crippen LogP contribution in [0.1, 0.15) is 25.7 Å².